The Kier molecular flexibility index (Phi) is 3.04. The molecule has 0 fully saturated rings. The molecular weight excluding hydrogens is 218 g/mol. The Bertz CT molecular complexity index is 552. The number of benzene rings is 1. The molecule has 17 heavy (non-hydrogen) atoms. The first-order valence-electron chi connectivity index (χ1n) is 5.13. The lowest BCUT2D eigenvalue weighted by Gasteiger charge is -2.14. The van der Waals surface area contributed by atoms with Gasteiger partial charge in [0, 0.05) is 17.1 Å². The van der Waals surface area contributed by atoms with Crippen LogP contribution in [0.15, 0.2) is 18.2 Å². The third kappa shape index (κ3) is 1.86. The fourth-order valence-electron chi connectivity index (χ4n) is 1.79. The number of hydrogen-bond donors (Lipinski definition) is 0. The molecule has 0 unspecified atom stereocenters. The lowest BCUT2D eigenvalue weighted by molar-refractivity contribution is 0.327. The predicted molar refractivity (Wildman–Crippen MR) is 65.9 cm³/mol. The van der Waals surface area contributed by atoms with Gasteiger partial charge >= 0.3 is 0 Å². The van der Waals surface area contributed by atoms with Gasteiger partial charge in [-0.25, -0.2) is 0 Å². The van der Waals surface area contributed by atoms with Gasteiger partial charge in [-0.15, -0.1) is 0 Å². The Morgan fingerprint density at radius 3 is 2.29 bits per heavy atom. The van der Waals surface area contributed by atoms with Crippen LogP contribution in [0.3, 0.4) is 0 Å². The van der Waals surface area contributed by atoms with Crippen molar-refractivity contribution in [3.63, 3.8) is 0 Å². The standard InChI is InChI=1S/C13H14NO3/c1-8-5-6-9-10(14-8)7-11(15-2)13(17-4)12(9)16-3/h5-7H,1H2,2-4H3. The lowest BCUT2D eigenvalue weighted by atomic mass is 10.1. The van der Waals surface area contributed by atoms with E-state index < -0.39 is 0 Å². The van der Waals surface area contributed by atoms with Crippen molar-refractivity contribution in [1.82, 2.24) is 4.98 Å². The van der Waals surface area contributed by atoms with E-state index in [0.717, 1.165) is 10.9 Å². The molecule has 0 bridgehead atoms. The molecular formula is C13H14NO3. The number of ether oxygens (including phenoxy) is 3. The molecule has 0 atom stereocenters. The third-order valence-electron chi connectivity index (χ3n) is 2.55. The molecule has 0 saturated heterocycles. The number of rotatable bonds is 3. The summed E-state index contributed by atoms with van der Waals surface area (Å²) in [5.74, 6) is 1.78. The number of nitrogens with zero attached hydrogens (tertiary/aromatic N) is 1. The van der Waals surface area contributed by atoms with Gasteiger partial charge in [0.2, 0.25) is 5.75 Å². The van der Waals surface area contributed by atoms with E-state index >= 15 is 0 Å². The predicted octanol–water partition coefficient (Wildman–Crippen LogP) is 2.44. The van der Waals surface area contributed by atoms with E-state index in [9.17, 15) is 0 Å². The monoisotopic (exact) mass is 232 g/mol. The molecule has 0 spiro atoms. The largest absolute Gasteiger partial charge is 0.493 e. The number of methoxy groups -OCH3 is 3. The van der Waals surface area contributed by atoms with Crippen molar-refractivity contribution in [2.45, 2.75) is 0 Å². The van der Waals surface area contributed by atoms with E-state index in [1.807, 2.05) is 18.2 Å². The molecule has 1 aromatic carbocycles. The van der Waals surface area contributed by atoms with Crippen molar-refractivity contribution in [2.24, 2.45) is 0 Å². The Hall–Kier alpha value is -1.97. The van der Waals surface area contributed by atoms with Crippen LogP contribution in [0.5, 0.6) is 17.2 Å². The molecule has 1 aromatic heterocycles. The van der Waals surface area contributed by atoms with Crippen molar-refractivity contribution in [3.8, 4) is 17.2 Å². The van der Waals surface area contributed by atoms with E-state index in [4.69, 9.17) is 14.2 Å². The number of hydrogen-bond acceptors (Lipinski definition) is 4. The molecule has 1 radical (unpaired) electrons. The second-order valence-corrected chi connectivity index (χ2v) is 3.51. The fourth-order valence-corrected chi connectivity index (χ4v) is 1.79. The zero-order valence-corrected chi connectivity index (χ0v) is 10.1. The summed E-state index contributed by atoms with van der Waals surface area (Å²) < 4.78 is 15.9. The summed E-state index contributed by atoms with van der Waals surface area (Å²) in [7, 11) is 4.75. The first-order chi connectivity index (χ1) is 8.21. The van der Waals surface area contributed by atoms with Gasteiger partial charge in [0.25, 0.3) is 0 Å². The van der Waals surface area contributed by atoms with Gasteiger partial charge in [-0.3, -0.25) is 4.98 Å². The zero-order chi connectivity index (χ0) is 12.4. The first-order valence-corrected chi connectivity index (χ1v) is 5.13. The minimum Gasteiger partial charge on any atom is -0.493 e. The highest BCUT2D eigenvalue weighted by atomic mass is 16.5. The van der Waals surface area contributed by atoms with Crippen molar-refractivity contribution < 1.29 is 14.2 Å². The van der Waals surface area contributed by atoms with Crippen molar-refractivity contribution in [3.05, 3.63) is 30.8 Å². The lowest BCUT2D eigenvalue weighted by Crippen LogP contribution is -1.97. The first kappa shape index (κ1) is 11.5. The topological polar surface area (TPSA) is 40.6 Å². The van der Waals surface area contributed by atoms with Gasteiger partial charge < -0.3 is 14.2 Å². The van der Waals surface area contributed by atoms with Crippen molar-refractivity contribution in [2.75, 3.05) is 21.3 Å². The maximum Gasteiger partial charge on any atom is 0.204 e. The van der Waals surface area contributed by atoms with E-state index in [1.165, 1.54) is 0 Å². The molecule has 0 aliphatic heterocycles. The summed E-state index contributed by atoms with van der Waals surface area (Å²) in [5.41, 5.74) is 1.47. The van der Waals surface area contributed by atoms with E-state index in [-0.39, 0.29) is 0 Å². The van der Waals surface area contributed by atoms with Crippen LogP contribution in [0, 0.1) is 6.92 Å². The maximum atomic E-state index is 5.37. The number of fused-ring (bicyclic) bond motifs is 1. The number of aromatic nitrogens is 1. The van der Waals surface area contributed by atoms with Gasteiger partial charge in [0.1, 0.15) is 0 Å². The van der Waals surface area contributed by atoms with Gasteiger partial charge in [0.05, 0.1) is 26.8 Å². The quantitative estimate of drug-likeness (QED) is 0.815. The van der Waals surface area contributed by atoms with Gasteiger partial charge in [-0.05, 0) is 19.1 Å². The van der Waals surface area contributed by atoms with Crippen LogP contribution in [-0.2, 0) is 0 Å². The van der Waals surface area contributed by atoms with Crippen LogP contribution in [0.25, 0.3) is 10.9 Å². The highest BCUT2D eigenvalue weighted by molar-refractivity contribution is 5.90. The molecule has 0 saturated carbocycles. The Balaban J connectivity index is 2.83. The summed E-state index contributed by atoms with van der Waals surface area (Å²) in [6, 6.07) is 5.55. The summed E-state index contributed by atoms with van der Waals surface area (Å²) in [4.78, 5) is 4.34. The third-order valence-corrected chi connectivity index (χ3v) is 2.55. The van der Waals surface area contributed by atoms with Gasteiger partial charge in [-0.1, -0.05) is 0 Å². The smallest absolute Gasteiger partial charge is 0.204 e. The van der Waals surface area contributed by atoms with Gasteiger partial charge in [-0.2, -0.15) is 0 Å². The fraction of sp³-hybridized carbons (Fsp3) is 0.231. The SMILES string of the molecule is [CH2]c1ccc2c(OC)c(OC)c(OC)cc2n1. The molecule has 4 heteroatoms. The molecule has 0 amide bonds. The van der Waals surface area contributed by atoms with Crippen molar-refractivity contribution in [1.29, 1.82) is 0 Å². The summed E-state index contributed by atoms with van der Waals surface area (Å²) in [6.45, 7) is 3.80. The Morgan fingerprint density at radius 1 is 1.00 bits per heavy atom. The van der Waals surface area contributed by atoms with Crippen LogP contribution in [0.2, 0.25) is 0 Å². The second kappa shape index (κ2) is 4.49. The van der Waals surface area contributed by atoms with Gasteiger partial charge in [0.15, 0.2) is 11.5 Å². The van der Waals surface area contributed by atoms with Crippen LogP contribution in [-0.4, -0.2) is 26.3 Å². The molecule has 2 aromatic rings. The van der Waals surface area contributed by atoms with E-state index in [2.05, 4.69) is 11.9 Å². The molecule has 4 nitrogen and oxygen atoms in total. The minimum absolute atomic E-state index is 0.570. The van der Waals surface area contributed by atoms with E-state index in [1.54, 1.807) is 21.3 Å². The van der Waals surface area contributed by atoms with Crippen LogP contribution in [0.1, 0.15) is 5.69 Å². The number of pyridine rings is 1. The highest BCUT2D eigenvalue weighted by Crippen LogP contribution is 2.42. The molecule has 2 rings (SSSR count). The van der Waals surface area contributed by atoms with Crippen LogP contribution >= 0.6 is 0 Å². The summed E-state index contributed by atoms with van der Waals surface area (Å²) >= 11 is 0. The molecule has 0 aliphatic carbocycles. The molecule has 89 valence electrons. The van der Waals surface area contributed by atoms with Crippen LogP contribution in [0.4, 0.5) is 0 Å². The van der Waals surface area contributed by atoms with E-state index in [0.29, 0.717) is 22.9 Å². The zero-order valence-electron chi connectivity index (χ0n) is 10.1. The minimum atomic E-state index is 0.570. The second-order valence-electron chi connectivity index (χ2n) is 3.51. The normalized spacial score (nSPS) is 10.4. The highest BCUT2D eigenvalue weighted by Gasteiger charge is 2.16. The average Bonchev–Trinajstić information content (AvgIpc) is 2.35. The maximum absolute atomic E-state index is 5.37. The Labute approximate surface area is 100 Å². The molecule has 0 aliphatic rings. The van der Waals surface area contributed by atoms with Crippen molar-refractivity contribution >= 4 is 10.9 Å². The Morgan fingerprint density at radius 2 is 1.71 bits per heavy atom. The summed E-state index contributed by atoms with van der Waals surface area (Å²) in [5, 5.41) is 0.873. The molecule has 0 N–H and O–H groups in total. The summed E-state index contributed by atoms with van der Waals surface area (Å²) in [6.07, 6.45) is 0. The average molecular weight is 232 g/mol. The molecule has 1 heterocycles. The van der Waals surface area contributed by atoms with Crippen LogP contribution < -0.4 is 14.2 Å².